The number of hydrogen-bond donors (Lipinski definition) is 2. The summed E-state index contributed by atoms with van der Waals surface area (Å²) in [7, 11) is -4.77. The summed E-state index contributed by atoms with van der Waals surface area (Å²) in [5.74, 6) is -1.52. The molecule has 0 aliphatic carbocycles. The van der Waals surface area contributed by atoms with Crippen molar-refractivity contribution in [2.24, 2.45) is 0 Å². The van der Waals surface area contributed by atoms with Crippen LogP contribution in [0.3, 0.4) is 0 Å². The molecule has 0 fully saturated rings. The zero-order chi connectivity index (χ0) is 59.8. The maximum atomic E-state index is 13.0. The summed E-state index contributed by atoms with van der Waals surface area (Å²) in [6, 6.07) is 0. The molecule has 0 heterocycles. The van der Waals surface area contributed by atoms with Crippen LogP contribution < -0.4 is 0 Å². The summed E-state index contributed by atoms with van der Waals surface area (Å²) in [4.78, 5) is 48.8. The summed E-state index contributed by atoms with van der Waals surface area (Å²) in [6.45, 7) is 4.46. The second-order valence-corrected chi connectivity index (χ2v) is 23.0. The van der Waals surface area contributed by atoms with Gasteiger partial charge in [0.1, 0.15) is 12.7 Å². The highest BCUT2D eigenvalue weighted by Crippen LogP contribution is 2.43. The van der Waals surface area contributed by atoms with Crippen LogP contribution in [0.2, 0.25) is 0 Å². The molecule has 0 aliphatic rings. The number of unbranched alkanes of at least 4 members (excludes halogenated alkanes) is 25. The van der Waals surface area contributed by atoms with Gasteiger partial charge in [0.25, 0.3) is 0 Å². The van der Waals surface area contributed by atoms with Gasteiger partial charge in [0, 0.05) is 19.3 Å². The van der Waals surface area contributed by atoms with E-state index in [0.29, 0.717) is 19.3 Å². The smallest absolute Gasteiger partial charge is 0.462 e. The van der Waals surface area contributed by atoms with E-state index in [1.807, 2.05) is 0 Å². The first-order valence-electron chi connectivity index (χ1n) is 32.8. The van der Waals surface area contributed by atoms with E-state index < -0.39 is 57.8 Å². The highest BCUT2D eigenvalue weighted by Gasteiger charge is 2.28. The number of esters is 3. The van der Waals surface area contributed by atoms with Crippen LogP contribution in [0.1, 0.15) is 278 Å². The lowest BCUT2D eigenvalue weighted by molar-refractivity contribution is -0.161. The van der Waals surface area contributed by atoms with Gasteiger partial charge >= 0.3 is 25.7 Å². The molecule has 470 valence electrons. The van der Waals surface area contributed by atoms with Gasteiger partial charge in [-0.1, -0.05) is 239 Å². The fraction of sp³-hybridized carbons (Fsp3) is 0.700. The van der Waals surface area contributed by atoms with Gasteiger partial charge in [-0.2, -0.15) is 0 Å². The molecule has 0 radical (unpaired) electrons. The lowest BCUT2D eigenvalue weighted by atomic mass is 10.1. The first-order valence-corrected chi connectivity index (χ1v) is 34.3. The predicted octanol–water partition coefficient (Wildman–Crippen LogP) is 20.1. The number of ether oxygens (including phenoxy) is 3. The number of rotatable bonds is 60. The maximum Gasteiger partial charge on any atom is 0.472 e. The molecule has 0 spiro atoms. The van der Waals surface area contributed by atoms with Crippen molar-refractivity contribution >= 4 is 25.7 Å². The predicted molar refractivity (Wildman–Crippen MR) is 343 cm³/mol. The molecule has 0 saturated heterocycles. The minimum absolute atomic E-state index is 0.122. The van der Waals surface area contributed by atoms with Crippen molar-refractivity contribution in [3.63, 3.8) is 0 Å². The summed E-state index contributed by atoms with van der Waals surface area (Å²) in [6.07, 6.45) is 77.4. The Hall–Kier alpha value is -3.86. The van der Waals surface area contributed by atoms with Crippen LogP contribution in [0.25, 0.3) is 0 Å². The molecule has 0 aromatic rings. The van der Waals surface area contributed by atoms with Crippen molar-refractivity contribution in [3.05, 3.63) is 109 Å². The van der Waals surface area contributed by atoms with Gasteiger partial charge in [-0.05, 0) is 128 Å². The molecular formula is C70H119O11P. The quantitative estimate of drug-likeness (QED) is 0.0197. The molecular weight excluding hydrogens is 1050 g/mol. The summed E-state index contributed by atoms with van der Waals surface area (Å²) in [5.41, 5.74) is 0. The Bertz CT molecular complexity index is 1790. The second-order valence-electron chi connectivity index (χ2n) is 21.5. The fourth-order valence-electron chi connectivity index (χ4n) is 8.68. The third-order valence-electron chi connectivity index (χ3n) is 13.6. The second kappa shape index (κ2) is 63.2. The summed E-state index contributed by atoms with van der Waals surface area (Å²) >= 11 is 0. The minimum Gasteiger partial charge on any atom is -0.462 e. The van der Waals surface area contributed by atoms with Crippen LogP contribution in [0.15, 0.2) is 109 Å². The molecule has 0 aromatic heterocycles. The van der Waals surface area contributed by atoms with Crippen LogP contribution >= 0.6 is 7.82 Å². The molecule has 0 amide bonds. The lowest BCUT2D eigenvalue weighted by Crippen LogP contribution is -2.30. The SMILES string of the molecule is CC/C=C\C/C=C\C/C=C\C/C=C\C/C=C\CCCCCC(=O)OC(COC(=O)CCCCCCCCC/C=C\C/C=C\CCCCC)COP(=O)(O)OCC(CO)OC(=O)CCCCCCCCCCC/C=C\C/C=C\CCCCC. The molecule has 82 heavy (non-hydrogen) atoms. The summed E-state index contributed by atoms with van der Waals surface area (Å²) < 4.78 is 39.7. The fourth-order valence-corrected chi connectivity index (χ4v) is 9.46. The van der Waals surface area contributed by atoms with E-state index in [1.165, 1.54) is 96.3 Å². The number of aliphatic hydroxyl groups excluding tert-OH is 1. The van der Waals surface area contributed by atoms with Crippen LogP contribution in [-0.2, 0) is 42.2 Å². The van der Waals surface area contributed by atoms with Gasteiger partial charge in [0.2, 0.25) is 0 Å². The molecule has 0 saturated carbocycles. The van der Waals surface area contributed by atoms with Crippen LogP contribution in [0.4, 0.5) is 0 Å². The number of aliphatic hydroxyl groups is 1. The van der Waals surface area contributed by atoms with E-state index in [1.54, 1.807) is 0 Å². The first kappa shape index (κ1) is 78.1. The third kappa shape index (κ3) is 60.7. The Morgan fingerprint density at radius 1 is 0.354 bits per heavy atom. The Kier molecular flexibility index (Phi) is 60.2. The normalized spacial score (nSPS) is 14.0. The van der Waals surface area contributed by atoms with Gasteiger partial charge in [-0.3, -0.25) is 23.4 Å². The maximum absolute atomic E-state index is 13.0. The van der Waals surface area contributed by atoms with Gasteiger partial charge in [0.05, 0.1) is 19.8 Å². The average molecular weight is 1170 g/mol. The molecule has 0 rings (SSSR count). The monoisotopic (exact) mass is 1170 g/mol. The van der Waals surface area contributed by atoms with Crippen molar-refractivity contribution in [1.82, 2.24) is 0 Å². The van der Waals surface area contributed by atoms with Gasteiger partial charge in [0.15, 0.2) is 6.10 Å². The van der Waals surface area contributed by atoms with E-state index in [9.17, 15) is 28.9 Å². The van der Waals surface area contributed by atoms with Crippen molar-refractivity contribution < 1.29 is 52.2 Å². The molecule has 0 aliphatic heterocycles. The molecule has 3 unspecified atom stereocenters. The Balaban J connectivity index is 4.76. The van der Waals surface area contributed by atoms with Gasteiger partial charge < -0.3 is 24.2 Å². The standard InChI is InChI=1S/C70H119O11P/c1-4-7-10-13-16-19-22-25-28-31-33-36-39-42-45-48-51-54-57-60-69(73)80-66(62-71)64-78-82(75,76)79-65-67(63-77-68(72)59-56-53-50-47-44-41-38-35-30-27-24-21-18-15-12-9-6-3)81-70(74)61-58-55-52-49-46-43-40-37-34-32-29-26-23-20-17-14-11-8-5-2/h8,11,16-21,25-30,34,37,43,46,66-67,71H,4-7,9-10,12-15,22-24,31-33,35-36,38-42,44-45,47-65H2,1-3H3,(H,75,76)/b11-8-,19-16-,20-17-,21-18-,28-25-,29-26-,30-27-,37-34-,46-43-. The topological polar surface area (TPSA) is 155 Å². The number of hydrogen-bond acceptors (Lipinski definition) is 10. The minimum atomic E-state index is -4.77. The Labute approximate surface area is 501 Å². The van der Waals surface area contributed by atoms with Gasteiger partial charge in [-0.25, -0.2) is 4.57 Å². The molecule has 3 atom stereocenters. The number of carbonyl (C=O) groups excluding carboxylic acids is 3. The van der Waals surface area contributed by atoms with Crippen molar-refractivity contribution in [3.8, 4) is 0 Å². The van der Waals surface area contributed by atoms with Crippen molar-refractivity contribution in [2.45, 2.75) is 290 Å². The first-order chi connectivity index (χ1) is 40.2. The van der Waals surface area contributed by atoms with E-state index >= 15 is 0 Å². The van der Waals surface area contributed by atoms with E-state index in [0.717, 1.165) is 122 Å². The van der Waals surface area contributed by atoms with Crippen LogP contribution in [-0.4, -0.2) is 66.5 Å². The third-order valence-corrected chi connectivity index (χ3v) is 14.6. The number of carbonyl (C=O) groups is 3. The lowest BCUT2D eigenvalue weighted by Gasteiger charge is -2.21. The molecule has 0 aromatic carbocycles. The van der Waals surface area contributed by atoms with Gasteiger partial charge in [-0.15, -0.1) is 0 Å². The van der Waals surface area contributed by atoms with E-state index in [4.69, 9.17) is 23.3 Å². The van der Waals surface area contributed by atoms with Crippen LogP contribution in [0, 0.1) is 0 Å². The number of phosphoric ester groups is 1. The van der Waals surface area contributed by atoms with E-state index in [2.05, 4.69) is 130 Å². The van der Waals surface area contributed by atoms with Crippen molar-refractivity contribution in [1.29, 1.82) is 0 Å². The molecule has 11 nitrogen and oxygen atoms in total. The molecule has 2 N–H and O–H groups in total. The Morgan fingerprint density at radius 2 is 0.634 bits per heavy atom. The Morgan fingerprint density at radius 3 is 0.988 bits per heavy atom. The highest BCUT2D eigenvalue weighted by atomic mass is 31.2. The molecule has 0 bridgehead atoms. The molecule has 12 heteroatoms. The number of allylic oxidation sites excluding steroid dienone is 18. The summed E-state index contributed by atoms with van der Waals surface area (Å²) in [5, 5.41) is 9.87. The number of phosphoric acid groups is 1. The van der Waals surface area contributed by atoms with E-state index in [-0.39, 0.29) is 25.9 Å². The largest absolute Gasteiger partial charge is 0.472 e. The zero-order valence-electron chi connectivity index (χ0n) is 52.2. The van der Waals surface area contributed by atoms with Crippen LogP contribution in [0.5, 0.6) is 0 Å². The van der Waals surface area contributed by atoms with Crippen molar-refractivity contribution in [2.75, 3.05) is 26.4 Å². The average Bonchev–Trinajstić information content (AvgIpc) is 3.50. The zero-order valence-corrected chi connectivity index (χ0v) is 53.1. The highest BCUT2D eigenvalue weighted by molar-refractivity contribution is 7.47.